The van der Waals surface area contributed by atoms with Crippen LogP contribution in [0.15, 0.2) is 218 Å². The quantitative estimate of drug-likeness (QED) is 0.140. The maximum atomic E-state index is 2.55. The van der Waals surface area contributed by atoms with Crippen molar-refractivity contribution in [1.29, 1.82) is 0 Å². The highest BCUT2D eigenvalue weighted by Gasteiger charge is 2.33. The molecule has 2 nitrogen and oxygen atoms in total. The maximum Gasteiger partial charge on any atom is 0.0546 e. The van der Waals surface area contributed by atoms with E-state index >= 15 is 0 Å². The van der Waals surface area contributed by atoms with Gasteiger partial charge in [0.1, 0.15) is 0 Å². The van der Waals surface area contributed by atoms with E-state index in [9.17, 15) is 0 Å². The third kappa shape index (κ3) is 6.62. The third-order valence-corrected chi connectivity index (χ3v) is 16.7. The Bertz CT molecular complexity index is 3830. The Balaban J connectivity index is 1.16. The summed E-state index contributed by atoms with van der Waals surface area (Å²) in [7, 11) is 0. The van der Waals surface area contributed by atoms with Crippen LogP contribution < -0.4 is 9.80 Å². The smallest absolute Gasteiger partial charge is 0.0546 e. The number of fused-ring (bicyclic) bond motifs is 4. The fraction of sp³-hybridized carbons (Fsp3) is 0.143. The topological polar surface area (TPSA) is 6.48 Å². The minimum absolute atomic E-state index is 0.0953. The molecule has 0 spiro atoms. The van der Waals surface area contributed by atoms with E-state index in [1.54, 1.807) is 0 Å². The molecule has 0 bridgehead atoms. The first kappa shape index (κ1) is 42.7. The number of benzene rings is 12. The highest BCUT2D eigenvalue weighted by atomic mass is 15.2. The van der Waals surface area contributed by atoms with Crippen molar-refractivity contribution >= 4 is 88.0 Å². The molecule has 0 amide bonds. The molecule has 0 atom stereocenters. The van der Waals surface area contributed by atoms with Gasteiger partial charge in [-0.2, -0.15) is 0 Å². The Morgan fingerprint density at radius 2 is 0.694 bits per heavy atom. The van der Waals surface area contributed by atoms with E-state index in [4.69, 9.17) is 0 Å². The van der Waals surface area contributed by atoms with E-state index in [0.29, 0.717) is 0 Å². The number of hydrogen-bond donors (Lipinski definition) is 0. The lowest BCUT2D eigenvalue weighted by atomic mass is 9.83. The molecular formula is C70H56N2. The molecular weight excluding hydrogens is 869 g/mol. The van der Waals surface area contributed by atoms with Crippen LogP contribution in [0.2, 0.25) is 0 Å². The second-order valence-electron chi connectivity index (χ2n) is 21.8. The van der Waals surface area contributed by atoms with Crippen molar-refractivity contribution in [2.75, 3.05) is 9.80 Å². The molecule has 346 valence electrons. The van der Waals surface area contributed by atoms with Crippen LogP contribution in [-0.2, 0) is 23.7 Å². The number of nitrogens with zero attached hydrogens (tertiary/aromatic N) is 2. The van der Waals surface area contributed by atoms with Gasteiger partial charge in [-0.05, 0) is 174 Å². The molecule has 0 heterocycles. The number of aryl methyl sites for hydroxylation is 2. The van der Waals surface area contributed by atoms with Crippen molar-refractivity contribution in [2.45, 2.75) is 64.2 Å². The first-order chi connectivity index (χ1) is 35.2. The second kappa shape index (κ2) is 16.2. The van der Waals surface area contributed by atoms with Gasteiger partial charge in [-0.3, -0.25) is 0 Å². The van der Waals surface area contributed by atoms with Crippen LogP contribution >= 0.6 is 0 Å². The van der Waals surface area contributed by atoms with Gasteiger partial charge in [-0.15, -0.1) is 0 Å². The SMILES string of the molecule is CC1(C)CCc2ccc(N(c3ccccc3)c3cc(-c4cccc5ccccc45)c4ccc5c(N(c6ccccc6)c6ccc7c(c6)C(C)(C)CC7)cc(-c6cccc7ccccc67)c6ccc3c4c65)cc21. The van der Waals surface area contributed by atoms with E-state index in [1.165, 1.54) is 121 Å². The summed E-state index contributed by atoms with van der Waals surface area (Å²) in [4.78, 5) is 5.09. The van der Waals surface area contributed by atoms with Crippen LogP contribution in [0.1, 0.15) is 62.8 Å². The zero-order valence-corrected chi connectivity index (χ0v) is 41.5. The van der Waals surface area contributed by atoms with Crippen LogP contribution in [0, 0.1) is 0 Å². The van der Waals surface area contributed by atoms with Crippen LogP contribution in [0.3, 0.4) is 0 Å². The van der Waals surface area contributed by atoms with Gasteiger partial charge in [-0.25, -0.2) is 0 Å². The molecule has 0 aromatic heterocycles. The number of para-hydroxylation sites is 2. The lowest BCUT2D eigenvalue weighted by Gasteiger charge is -2.32. The van der Waals surface area contributed by atoms with Gasteiger partial charge in [0.15, 0.2) is 0 Å². The molecule has 0 saturated carbocycles. The Morgan fingerprint density at radius 3 is 1.14 bits per heavy atom. The number of anilines is 6. The van der Waals surface area contributed by atoms with Crippen molar-refractivity contribution in [3.05, 3.63) is 241 Å². The number of rotatable bonds is 8. The van der Waals surface area contributed by atoms with Gasteiger partial charge in [0.25, 0.3) is 0 Å². The van der Waals surface area contributed by atoms with Crippen molar-refractivity contribution in [3.8, 4) is 22.3 Å². The fourth-order valence-corrected chi connectivity index (χ4v) is 13.0. The summed E-state index contributed by atoms with van der Waals surface area (Å²) in [6.45, 7) is 9.66. The average Bonchev–Trinajstić information content (AvgIpc) is 3.90. The molecule has 0 fully saturated rings. The highest BCUT2D eigenvalue weighted by Crippen LogP contribution is 2.54. The Hall–Kier alpha value is -8.20. The largest absolute Gasteiger partial charge is 0.310 e. The molecule has 12 aromatic rings. The maximum absolute atomic E-state index is 2.55. The van der Waals surface area contributed by atoms with Crippen LogP contribution in [0.5, 0.6) is 0 Å². The molecule has 0 aliphatic heterocycles. The minimum Gasteiger partial charge on any atom is -0.310 e. The Labute approximate surface area is 422 Å². The predicted octanol–water partition coefficient (Wildman–Crippen LogP) is 19.6. The normalized spacial score (nSPS) is 14.7. The molecule has 2 aliphatic rings. The minimum atomic E-state index is 0.0953. The predicted molar refractivity (Wildman–Crippen MR) is 308 cm³/mol. The summed E-state index contributed by atoms with van der Waals surface area (Å²) in [6.07, 6.45) is 4.54. The van der Waals surface area contributed by atoms with E-state index in [1.807, 2.05) is 0 Å². The third-order valence-electron chi connectivity index (χ3n) is 16.7. The van der Waals surface area contributed by atoms with Gasteiger partial charge in [0, 0.05) is 44.3 Å². The summed E-state index contributed by atoms with van der Waals surface area (Å²) in [5.41, 5.74) is 17.9. The Kier molecular flexibility index (Phi) is 9.58. The van der Waals surface area contributed by atoms with Crippen molar-refractivity contribution in [1.82, 2.24) is 0 Å². The van der Waals surface area contributed by atoms with E-state index in [2.05, 4.69) is 256 Å². The van der Waals surface area contributed by atoms with Gasteiger partial charge in [0.2, 0.25) is 0 Å². The average molecular weight is 925 g/mol. The van der Waals surface area contributed by atoms with Crippen molar-refractivity contribution < 1.29 is 0 Å². The van der Waals surface area contributed by atoms with Gasteiger partial charge < -0.3 is 9.80 Å². The summed E-state index contributed by atoms with van der Waals surface area (Å²) >= 11 is 0. The lowest BCUT2D eigenvalue weighted by molar-refractivity contribution is 0.522. The highest BCUT2D eigenvalue weighted by molar-refractivity contribution is 6.33. The standard InChI is InChI=1S/C70H56N2/c1-69(2)39-37-47-29-31-51(41-63(47)69)71(49-21-7-5-8-22-49)65-43-61(55-27-15-19-45-17-11-13-25-53(45)55)57-34-36-60-66(72(50-23-9-6-10-24-50)52-32-30-48-38-40-70(3,4)64(48)42-52)44-62(58-33-35-59(65)67(57)68(58)60)56-28-16-20-46-18-12-14-26-54(46)56/h5-36,41-44H,37-40H2,1-4H3. The second-order valence-corrected chi connectivity index (χ2v) is 21.8. The summed E-state index contributed by atoms with van der Waals surface area (Å²) in [5, 5.41) is 12.5. The fourth-order valence-electron chi connectivity index (χ4n) is 13.0. The summed E-state index contributed by atoms with van der Waals surface area (Å²) < 4.78 is 0. The van der Waals surface area contributed by atoms with Gasteiger partial charge in [0.05, 0.1) is 11.4 Å². The van der Waals surface area contributed by atoms with Crippen LogP contribution in [0.4, 0.5) is 34.1 Å². The van der Waals surface area contributed by atoms with Crippen molar-refractivity contribution in [3.63, 3.8) is 0 Å². The molecule has 2 heteroatoms. The molecule has 12 aromatic carbocycles. The first-order valence-electron chi connectivity index (χ1n) is 25.9. The molecule has 0 unspecified atom stereocenters. The van der Waals surface area contributed by atoms with Gasteiger partial charge in [-0.1, -0.05) is 185 Å². The van der Waals surface area contributed by atoms with Crippen molar-refractivity contribution in [2.24, 2.45) is 0 Å². The van der Waals surface area contributed by atoms with E-state index < -0.39 is 0 Å². The van der Waals surface area contributed by atoms with Crippen LogP contribution in [-0.4, -0.2) is 0 Å². The van der Waals surface area contributed by atoms with E-state index in [0.717, 1.165) is 37.1 Å². The molecule has 0 radical (unpaired) electrons. The molecule has 2 aliphatic carbocycles. The Morgan fingerprint density at radius 1 is 0.306 bits per heavy atom. The first-order valence-corrected chi connectivity index (χ1v) is 25.9. The number of hydrogen-bond acceptors (Lipinski definition) is 2. The molecule has 0 saturated heterocycles. The zero-order chi connectivity index (χ0) is 48.3. The summed E-state index contributed by atoms with van der Waals surface area (Å²) in [6, 6.07) is 82.8. The van der Waals surface area contributed by atoms with E-state index in [-0.39, 0.29) is 10.8 Å². The zero-order valence-electron chi connectivity index (χ0n) is 41.5. The summed E-state index contributed by atoms with van der Waals surface area (Å²) in [5.74, 6) is 0. The molecule has 14 rings (SSSR count). The monoisotopic (exact) mass is 924 g/mol. The lowest BCUT2D eigenvalue weighted by Crippen LogP contribution is -2.15. The van der Waals surface area contributed by atoms with Gasteiger partial charge >= 0.3 is 0 Å². The molecule has 0 N–H and O–H groups in total. The molecule has 72 heavy (non-hydrogen) atoms. The van der Waals surface area contributed by atoms with Crippen LogP contribution in [0.25, 0.3) is 76.1 Å².